The lowest BCUT2D eigenvalue weighted by molar-refractivity contribution is 0.00276. The van der Waals surface area contributed by atoms with E-state index < -0.39 is 0 Å². The van der Waals surface area contributed by atoms with E-state index in [-0.39, 0.29) is 18.2 Å². The van der Waals surface area contributed by atoms with E-state index >= 15 is 0 Å². The SMILES string of the molecule is CN1CC[C@]23CCCC[C@H]2[C@H]1Cc1ccc(Oc2ccc(O)cc2)cc13.Cl. The number of nitrogens with zero attached hydrogens (tertiary/aromatic N) is 1. The van der Waals surface area contributed by atoms with Crippen LogP contribution in [0.3, 0.4) is 0 Å². The number of likely N-dealkylation sites (N-methyl/N-ethyl adjacent to an activating group) is 1. The van der Waals surface area contributed by atoms with Crippen LogP contribution in [0.5, 0.6) is 17.2 Å². The summed E-state index contributed by atoms with van der Waals surface area (Å²) in [6.45, 7) is 1.21. The van der Waals surface area contributed by atoms with Gasteiger partial charge in [-0.25, -0.2) is 0 Å². The van der Waals surface area contributed by atoms with Gasteiger partial charge in [-0.15, -0.1) is 12.4 Å². The number of piperidine rings is 1. The summed E-state index contributed by atoms with van der Waals surface area (Å²) in [6.07, 6.45) is 7.90. The summed E-state index contributed by atoms with van der Waals surface area (Å²) in [7, 11) is 2.32. The monoisotopic (exact) mass is 385 g/mol. The molecule has 4 heteroatoms. The van der Waals surface area contributed by atoms with Crippen molar-refractivity contribution in [2.24, 2.45) is 5.92 Å². The van der Waals surface area contributed by atoms with Crippen LogP contribution in [0, 0.1) is 5.92 Å². The zero-order valence-corrected chi connectivity index (χ0v) is 16.7. The van der Waals surface area contributed by atoms with Gasteiger partial charge in [0.15, 0.2) is 0 Å². The summed E-state index contributed by atoms with van der Waals surface area (Å²) < 4.78 is 6.11. The van der Waals surface area contributed by atoms with Gasteiger partial charge >= 0.3 is 0 Å². The summed E-state index contributed by atoms with van der Waals surface area (Å²) in [4.78, 5) is 2.61. The zero-order valence-electron chi connectivity index (χ0n) is 15.9. The van der Waals surface area contributed by atoms with Gasteiger partial charge in [0.2, 0.25) is 0 Å². The highest BCUT2D eigenvalue weighted by molar-refractivity contribution is 5.85. The molecule has 3 aliphatic rings. The van der Waals surface area contributed by atoms with Gasteiger partial charge in [-0.3, -0.25) is 0 Å². The second kappa shape index (κ2) is 7.03. The van der Waals surface area contributed by atoms with Gasteiger partial charge in [-0.05, 0) is 92.7 Å². The van der Waals surface area contributed by atoms with Crippen molar-refractivity contribution in [3.8, 4) is 17.2 Å². The first kappa shape index (κ1) is 18.6. The fraction of sp³-hybridized carbons (Fsp3) is 0.478. The number of aromatic hydroxyl groups is 1. The molecule has 0 amide bonds. The van der Waals surface area contributed by atoms with Crippen LogP contribution in [0.25, 0.3) is 0 Å². The summed E-state index contributed by atoms with van der Waals surface area (Å²) in [5.41, 5.74) is 3.44. The molecule has 0 radical (unpaired) electrons. The fourth-order valence-electron chi connectivity index (χ4n) is 5.89. The van der Waals surface area contributed by atoms with Crippen LogP contribution in [0.1, 0.15) is 43.2 Å². The summed E-state index contributed by atoms with van der Waals surface area (Å²) in [6, 6.07) is 14.4. The highest BCUT2D eigenvalue weighted by atomic mass is 35.5. The van der Waals surface area contributed by atoms with E-state index in [4.69, 9.17) is 4.74 Å². The Morgan fingerprint density at radius 1 is 1.04 bits per heavy atom. The highest BCUT2D eigenvalue weighted by Crippen LogP contribution is 2.56. The van der Waals surface area contributed by atoms with Gasteiger partial charge in [0, 0.05) is 11.5 Å². The average molecular weight is 386 g/mol. The molecule has 1 aliphatic heterocycles. The number of likely N-dealkylation sites (tertiary alicyclic amines) is 1. The topological polar surface area (TPSA) is 32.7 Å². The van der Waals surface area contributed by atoms with Crippen molar-refractivity contribution in [1.82, 2.24) is 4.90 Å². The second-order valence-electron chi connectivity index (χ2n) is 8.43. The van der Waals surface area contributed by atoms with E-state index in [9.17, 15) is 5.11 Å². The standard InChI is InChI=1S/C23H27NO2.ClH/c1-24-13-12-23-11-3-2-4-20(23)22(24)14-16-5-8-19(15-21(16)23)26-18-9-6-17(25)7-10-18;/h5-10,15,20,22,25H,2-4,11-14H2,1H3;1H/t20-,22+,23+;/m0./s1. The molecule has 2 bridgehead atoms. The Labute approximate surface area is 167 Å². The Morgan fingerprint density at radius 2 is 1.81 bits per heavy atom. The first-order chi connectivity index (χ1) is 12.7. The van der Waals surface area contributed by atoms with Crippen molar-refractivity contribution in [3.05, 3.63) is 53.6 Å². The second-order valence-corrected chi connectivity index (χ2v) is 8.43. The number of halogens is 1. The molecule has 0 aromatic heterocycles. The largest absolute Gasteiger partial charge is 0.508 e. The lowest BCUT2D eigenvalue weighted by Gasteiger charge is -2.58. The maximum Gasteiger partial charge on any atom is 0.127 e. The minimum Gasteiger partial charge on any atom is -0.508 e. The molecule has 1 saturated carbocycles. The summed E-state index contributed by atoms with van der Waals surface area (Å²) in [5.74, 6) is 2.76. The van der Waals surface area contributed by atoms with E-state index in [0.717, 1.165) is 17.4 Å². The van der Waals surface area contributed by atoms with Gasteiger partial charge in [0.1, 0.15) is 17.2 Å². The smallest absolute Gasteiger partial charge is 0.127 e. The number of rotatable bonds is 2. The summed E-state index contributed by atoms with van der Waals surface area (Å²) >= 11 is 0. The number of fused-ring (bicyclic) bond motifs is 1. The molecule has 1 heterocycles. The number of ether oxygens (including phenoxy) is 1. The first-order valence-corrected chi connectivity index (χ1v) is 9.96. The molecule has 0 spiro atoms. The molecule has 1 N–H and O–H groups in total. The fourth-order valence-corrected chi connectivity index (χ4v) is 5.89. The van der Waals surface area contributed by atoms with Crippen molar-refractivity contribution >= 4 is 12.4 Å². The third kappa shape index (κ3) is 3.01. The van der Waals surface area contributed by atoms with Gasteiger partial charge < -0.3 is 14.7 Å². The Kier molecular flexibility index (Phi) is 4.85. The van der Waals surface area contributed by atoms with Crippen LogP contribution in [0.2, 0.25) is 0 Å². The predicted molar refractivity (Wildman–Crippen MR) is 110 cm³/mol. The van der Waals surface area contributed by atoms with Gasteiger partial charge in [-0.2, -0.15) is 0 Å². The van der Waals surface area contributed by atoms with Gasteiger partial charge in [0.05, 0.1) is 0 Å². The molecular formula is C23H28ClNO2. The molecule has 5 rings (SSSR count). The molecule has 3 atom stereocenters. The van der Waals surface area contributed by atoms with Crippen LogP contribution in [-0.2, 0) is 11.8 Å². The van der Waals surface area contributed by atoms with E-state index in [0.29, 0.717) is 11.5 Å². The lowest BCUT2D eigenvalue weighted by atomic mass is 9.52. The molecule has 1 saturated heterocycles. The number of hydrogen-bond acceptors (Lipinski definition) is 3. The Bertz CT molecular complexity index is 822. The van der Waals surface area contributed by atoms with E-state index in [1.165, 1.54) is 50.6 Å². The van der Waals surface area contributed by atoms with E-state index in [2.05, 4.69) is 30.1 Å². The van der Waals surface area contributed by atoms with Crippen LogP contribution >= 0.6 is 12.4 Å². The highest BCUT2D eigenvalue weighted by Gasteiger charge is 2.53. The normalized spacial score (nSPS) is 29.2. The number of hydrogen-bond donors (Lipinski definition) is 1. The van der Waals surface area contributed by atoms with Crippen LogP contribution < -0.4 is 4.74 Å². The average Bonchev–Trinajstić information content (AvgIpc) is 2.67. The molecule has 2 aliphatic carbocycles. The maximum atomic E-state index is 9.47. The molecule has 2 aromatic carbocycles. The first-order valence-electron chi connectivity index (χ1n) is 9.96. The van der Waals surface area contributed by atoms with Crippen molar-refractivity contribution in [1.29, 1.82) is 0 Å². The van der Waals surface area contributed by atoms with Crippen LogP contribution in [0.15, 0.2) is 42.5 Å². The molecule has 27 heavy (non-hydrogen) atoms. The molecular weight excluding hydrogens is 358 g/mol. The Hall–Kier alpha value is -1.71. The molecule has 2 aromatic rings. The Morgan fingerprint density at radius 3 is 2.63 bits per heavy atom. The number of benzene rings is 2. The molecule has 0 unspecified atom stereocenters. The summed E-state index contributed by atoms with van der Waals surface area (Å²) in [5, 5.41) is 9.47. The third-order valence-corrected chi connectivity index (χ3v) is 7.16. The van der Waals surface area contributed by atoms with Crippen molar-refractivity contribution in [2.75, 3.05) is 13.6 Å². The molecule has 2 fully saturated rings. The minimum absolute atomic E-state index is 0. The number of phenolic OH excluding ortho intramolecular Hbond substituents is 1. The van der Waals surface area contributed by atoms with Crippen LogP contribution in [0.4, 0.5) is 0 Å². The van der Waals surface area contributed by atoms with Crippen molar-refractivity contribution in [3.63, 3.8) is 0 Å². The van der Waals surface area contributed by atoms with E-state index in [1.54, 1.807) is 17.7 Å². The minimum atomic E-state index is 0. The molecule has 144 valence electrons. The molecule has 3 nitrogen and oxygen atoms in total. The predicted octanol–water partition coefficient (Wildman–Crippen LogP) is 5.29. The Balaban J connectivity index is 0.00000180. The lowest BCUT2D eigenvalue weighted by Crippen LogP contribution is -2.59. The quantitative estimate of drug-likeness (QED) is 0.761. The van der Waals surface area contributed by atoms with Crippen molar-refractivity contribution < 1.29 is 9.84 Å². The maximum absolute atomic E-state index is 9.47. The number of phenols is 1. The van der Waals surface area contributed by atoms with Gasteiger partial charge in [-0.1, -0.05) is 18.9 Å². The third-order valence-electron chi connectivity index (χ3n) is 7.16. The zero-order chi connectivity index (χ0) is 17.7. The van der Waals surface area contributed by atoms with Crippen LogP contribution in [-0.4, -0.2) is 29.6 Å². The van der Waals surface area contributed by atoms with Gasteiger partial charge in [0.25, 0.3) is 0 Å². The van der Waals surface area contributed by atoms with E-state index in [1.807, 2.05) is 12.1 Å². The van der Waals surface area contributed by atoms with Crippen molar-refractivity contribution in [2.45, 2.75) is 50.0 Å².